The molecule has 36 heavy (non-hydrogen) atoms. The van der Waals surface area contributed by atoms with E-state index in [1.165, 1.54) is 32.1 Å². The largest absolute Gasteiger partial charge is 0.494 e. The van der Waals surface area contributed by atoms with Crippen LogP contribution in [0, 0.1) is 0 Å². The van der Waals surface area contributed by atoms with E-state index in [0.29, 0.717) is 6.61 Å². The van der Waals surface area contributed by atoms with E-state index in [1.54, 1.807) is 11.3 Å². The number of allylic oxidation sites excluding steroid dienone is 1. The monoisotopic (exact) mass is 506 g/mol. The summed E-state index contributed by atoms with van der Waals surface area (Å²) >= 11 is 1.59. The summed E-state index contributed by atoms with van der Waals surface area (Å²) in [5.74, 6) is 1.06. The van der Waals surface area contributed by atoms with Crippen molar-refractivity contribution < 1.29 is 14.2 Å². The van der Waals surface area contributed by atoms with Crippen molar-refractivity contribution in [3.8, 4) is 32.6 Å². The smallest absolute Gasteiger partial charge is 0.230 e. The van der Waals surface area contributed by atoms with Crippen molar-refractivity contribution >= 4 is 11.3 Å². The fraction of sp³-hybridized carbons (Fsp3) is 0.467. The molecule has 1 unspecified atom stereocenters. The van der Waals surface area contributed by atoms with Crippen molar-refractivity contribution in [1.82, 2.24) is 10.2 Å². The number of hydrogen-bond donors (Lipinski definition) is 0. The van der Waals surface area contributed by atoms with Crippen LogP contribution in [0.3, 0.4) is 0 Å². The molecule has 5 nitrogen and oxygen atoms in total. The summed E-state index contributed by atoms with van der Waals surface area (Å²) < 4.78 is 18.2. The molecule has 0 fully saturated rings. The number of nitrogens with zero attached hydrogens (tertiary/aromatic N) is 2. The Hall–Kier alpha value is -2.70. The first kappa shape index (κ1) is 26.4. The van der Waals surface area contributed by atoms with Crippen LogP contribution in [0.15, 0.2) is 60.7 Å². The van der Waals surface area contributed by atoms with Gasteiger partial charge in [0.1, 0.15) is 21.5 Å². The van der Waals surface area contributed by atoms with Crippen molar-refractivity contribution in [3.05, 3.63) is 60.7 Å². The standard InChI is InChI=1S/C30H38N2O3S/c1-3-5-6-7-8-11-23-33-26-16-12-24(13-17-26)28-31-32-29(36-28)25-14-18-27(19-15-25)35-30(34-22-4-2)20-9-10-21-30/h9,12-20H,3-8,10-11,21-23H2,1-2H3. The van der Waals surface area contributed by atoms with Gasteiger partial charge in [0.15, 0.2) is 0 Å². The third-order valence-electron chi connectivity index (χ3n) is 6.27. The van der Waals surface area contributed by atoms with E-state index in [2.05, 4.69) is 42.3 Å². The van der Waals surface area contributed by atoms with E-state index in [1.807, 2.05) is 42.5 Å². The summed E-state index contributed by atoms with van der Waals surface area (Å²) in [4.78, 5) is 0. The molecule has 0 N–H and O–H groups in total. The Kier molecular flexibility index (Phi) is 9.93. The molecule has 0 saturated heterocycles. The summed E-state index contributed by atoms with van der Waals surface area (Å²) in [5.41, 5.74) is 2.07. The lowest BCUT2D eigenvalue weighted by Gasteiger charge is -2.28. The molecule has 0 amide bonds. The van der Waals surface area contributed by atoms with Crippen LogP contribution < -0.4 is 9.47 Å². The Morgan fingerprint density at radius 1 is 0.750 bits per heavy atom. The Morgan fingerprint density at radius 2 is 1.39 bits per heavy atom. The molecule has 2 aromatic carbocycles. The number of aromatic nitrogens is 2. The van der Waals surface area contributed by atoms with Crippen LogP contribution in [-0.2, 0) is 4.74 Å². The molecule has 0 radical (unpaired) electrons. The van der Waals surface area contributed by atoms with Gasteiger partial charge in [0.05, 0.1) is 13.2 Å². The van der Waals surface area contributed by atoms with Crippen molar-refractivity contribution in [2.75, 3.05) is 13.2 Å². The maximum atomic E-state index is 6.25. The highest BCUT2D eigenvalue weighted by molar-refractivity contribution is 7.17. The third kappa shape index (κ3) is 7.40. The van der Waals surface area contributed by atoms with E-state index in [-0.39, 0.29) is 0 Å². The predicted molar refractivity (Wildman–Crippen MR) is 148 cm³/mol. The van der Waals surface area contributed by atoms with Gasteiger partial charge in [0.25, 0.3) is 0 Å². The number of unbranched alkanes of at least 4 members (excludes halogenated alkanes) is 5. The summed E-state index contributed by atoms with van der Waals surface area (Å²) in [7, 11) is 0. The maximum absolute atomic E-state index is 6.25. The van der Waals surface area contributed by atoms with Crippen LogP contribution in [-0.4, -0.2) is 29.2 Å². The van der Waals surface area contributed by atoms with Gasteiger partial charge in [-0.05, 0) is 73.9 Å². The van der Waals surface area contributed by atoms with Crippen LogP contribution >= 0.6 is 11.3 Å². The maximum Gasteiger partial charge on any atom is 0.230 e. The molecule has 4 rings (SSSR count). The third-order valence-corrected chi connectivity index (χ3v) is 7.29. The lowest BCUT2D eigenvalue weighted by Crippen LogP contribution is -2.35. The molecule has 6 heteroatoms. The van der Waals surface area contributed by atoms with Crippen LogP contribution in [0.2, 0.25) is 0 Å². The zero-order valence-electron chi connectivity index (χ0n) is 21.6. The van der Waals surface area contributed by atoms with Crippen LogP contribution in [0.5, 0.6) is 11.5 Å². The topological polar surface area (TPSA) is 53.5 Å². The summed E-state index contributed by atoms with van der Waals surface area (Å²) in [6.45, 7) is 5.81. The van der Waals surface area contributed by atoms with E-state index in [4.69, 9.17) is 14.2 Å². The highest BCUT2D eigenvalue weighted by atomic mass is 32.1. The fourth-order valence-corrected chi connectivity index (χ4v) is 5.08. The summed E-state index contributed by atoms with van der Waals surface area (Å²) in [6, 6.07) is 16.2. The number of hydrogen-bond acceptors (Lipinski definition) is 6. The molecule has 0 spiro atoms. The second kappa shape index (κ2) is 13.6. The van der Waals surface area contributed by atoms with E-state index < -0.39 is 5.79 Å². The Labute approximate surface area is 219 Å². The van der Waals surface area contributed by atoms with Crippen molar-refractivity contribution in [3.63, 3.8) is 0 Å². The van der Waals surface area contributed by atoms with Gasteiger partial charge >= 0.3 is 0 Å². The first-order valence-electron chi connectivity index (χ1n) is 13.4. The zero-order valence-corrected chi connectivity index (χ0v) is 22.4. The molecule has 0 saturated carbocycles. The Balaban J connectivity index is 1.30. The molecule has 3 aromatic rings. The second-order valence-electron chi connectivity index (χ2n) is 9.28. The molecular weight excluding hydrogens is 468 g/mol. The number of ether oxygens (including phenoxy) is 3. The van der Waals surface area contributed by atoms with Gasteiger partial charge in [-0.25, -0.2) is 0 Å². The Bertz CT molecular complexity index is 1080. The summed E-state index contributed by atoms with van der Waals surface area (Å²) in [6.07, 6.45) is 14.6. The molecule has 1 aromatic heterocycles. The van der Waals surface area contributed by atoms with E-state index in [0.717, 1.165) is 64.9 Å². The van der Waals surface area contributed by atoms with Gasteiger partial charge in [-0.2, -0.15) is 0 Å². The van der Waals surface area contributed by atoms with Gasteiger partial charge in [0.2, 0.25) is 5.79 Å². The quantitative estimate of drug-likeness (QED) is 0.118. The van der Waals surface area contributed by atoms with Gasteiger partial charge in [-0.1, -0.05) is 63.4 Å². The molecule has 0 bridgehead atoms. The molecule has 1 atom stereocenters. The normalized spacial score (nSPS) is 16.9. The lowest BCUT2D eigenvalue weighted by atomic mass is 10.1. The first-order chi connectivity index (χ1) is 17.7. The van der Waals surface area contributed by atoms with E-state index >= 15 is 0 Å². The van der Waals surface area contributed by atoms with Crippen molar-refractivity contribution in [2.45, 2.75) is 77.4 Å². The average Bonchev–Trinajstić information content (AvgIpc) is 3.59. The van der Waals surface area contributed by atoms with Crippen LogP contribution in [0.25, 0.3) is 21.1 Å². The molecule has 1 aliphatic carbocycles. The SMILES string of the molecule is CCCCCCCCOc1ccc(-c2nnc(-c3ccc(OC4(OCCC)C=CCC4)cc3)s2)cc1. The molecule has 0 aliphatic heterocycles. The first-order valence-corrected chi connectivity index (χ1v) is 14.2. The van der Waals surface area contributed by atoms with E-state index in [9.17, 15) is 0 Å². The van der Waals surface area contributed by atoms with Crippen molar-refractivity contribution in [2.24, 2.45) is 0 Å². The molecule has 1 heterocycles. The van der Waals surface area contributed by atoms with Gasteiger partial charge in [-0.15, -0.1) is 10.2 Å². The van der Waals surface area contributed by atoms with Gasteiger partial charge < -0.3 is 14.2 Å². The molecule has 1 aliphatic rings. The fourth-order valence-electron chi connectivity index (χ4n) is 4.23. The predicted octanol–water partition coefficient (Wildman–Crippen LogP) is 8.46. The van der Waals surface area contributed by atoms with Crippen LogP contribution in [0.4, 0.5) is 0 Å². The molecule has 192 valence electrons. The highest BCUT2D eigenvalue weighted by Crippen LogP contribution is 2.34. The summed E-state index contributed by atoms with van der Waals surface area (Å²) in [5, 5.41) is 10.6. The average molecular weight is 507 g/mol. The van der Waals surface area contributed by atoms with Gasteiger partial charge in [0, 0.05) is 17.5 Å². The highest BCUT2D eigenvalue weighted by Gasteiger charge is 2.33. The molecular formula is C30H38N2O3S. The van der Waals surface area contributed by atoms with Crippen LogP contribution in [0.1, 0.15) is 71.6 Å². The minimum atomic E-state index is -0.641. The van der Waals surface area contributed by atoms with Crippen molar-refractivity contribution in [1.29, 1.82) is 0 Å². The number of benzene rings is 2. The minimum absolute atomic E-state index is 0.641. The zero-order chi connectivity index (χ0) is 25.1. The lowest BCUT2D eigenvalue weighted by molar-refractivity contribution is -0.145. The van der Waals surface area contributed by atoms with Gasteiger partial charge in [-0.3, -0.25) is 0 Å². The Morgan fingerprint density at radius 3 is 2.00 bits per heavy atom. The second-order valence-corrected chi connectivity index (χ2v) is 10.3. The minimum Gasteiger partial charge on any atom is -0.494 e. The number of rotatable bonds is 15.